The van der Waals surface area contributed by atoms with Crippen molar-refractivity contribution in [1.29, 1.82) is 0 Å². The van der Waals surface area contributed by atoms with Gasteiger partial charge in [-0.15, -0.1) is 0 Å². The van der Waals surface area contributed by atoms with Gasteiger partial charge in [-0.1, -0.05) is 62.9 Å². The molecule has 18 heavy (non-hydrogen) atoms. The molecule has 0 heterocycles. The minimum atomic E-state index is -0.981. The first-order valence-electron chi connectivity index (χ1n) is 6.62. The summed E-state index contributed by atoms with van der Waals surface area (Å²) in [7, 11) is 0. The highest BCUT2D eigenvalue weighted by molar-refractivity contribution is 5.74. The van der Waals surface area contributed by atoms with Crippen molar-refractivity contribution in [3.8, 4) is 0 Å². The Labute approximate surface area is 109 Å². The number of rotatable bonds is 8. The van der Waals surface area contributed by atoms with Gasteiger partial charge in [-0.05, 0) is 12.0 Å². The molecule has 0 bridgehead atoms. The molecule has 3 nitrogen and oxygen atoms in total. The Balaban J connectivity index is 2.19. The topological polar surface area (TPSA) is 46.5 Å². The summed E-state index contributed by atoms with van der Waals surface area (Å²) >= 11 is 0. The van der Waals surface area contributed by atoms with Gasteiger partial charge in [-0.2, -0.15) is 0 Å². The third-order valence-corrected chi connectivity index (χ3v) is 2.83. The molecule has 1 N–H and O–H groups in total. The van der Waals surface area contributed by atoms with Crippen LogP contribution in [0, 0.1) is 0 Å². The molecule has 1 rings (SSSR count). The van der Waals surface area contributed by atoms with E-state index in [-0.39, 0.29) is 6.61 Å². The molecule has 0 aliphatic carbocycles. The number of aliphatic hydroxyl groups is 1. The van der Waals surface area contributed by atoms with Crippen LogP contribution in [0.1, 0.15) is 44.6 Å². The van der Waals surface area contributed by atoms with Crippen molar-refractivity contribution in [2.75, 3.05) is 0 Å². The van der Waals surface area contributed by atoms with Crippen molar-refractivity contribution in [1.82, 2.24) is 0 Å². The van der Waals surface area contributed by atoms with E-state index in [4.69, 9.17) is 4.74 Å². The van der Waals surface area contributed by atoms with Gasteiger partial charge in [-0.25, -0.2) is 4.79 Å². The maximum Gasteiger partial charge on any atom is 0.335 e. The molecule has 0 fully saturated rings. The number of carbonyl (C=O) groups excluding carboxylic acids is 1. The SMILES string of the molecule is CCCCCCC(O)C(=O)OCc1ccccc1. The predicted molar refractivity (Wildman–Crippen MR) is 71.0 cm³/mol. The Morgan fingerprint density at radius 1 is 1.22 bits per heavy atom. The van der Waals surface area contributed by atoms with Gasteiger partial charge in [0, 0.05) is 0 Å². The number of unbranched alkanes of at least 4 members (excludes halogenated alkanes) is 3. The lowest BCUT2D eigenvalue weighted by Gasteiger charge is -2.10. The second-order valence-corrected chi connectivity index (χ2v) is 4.46. The van der Waals surface area contributed by atoms with Crippen LogP contribution in [0.2, 0.25) is 0 Å². The minimum absolute atomic E-state index is 0.228. The van der Waals surface area contributed by atoms with E-state index in [1.165, 1.54) is 0 Å². The quantitative estimate of drug-likeness (QED) is 0.569. The molecule has 0 aromatic heterocycles. The first kappa shape index (κ1) is 14.7. The summed E-state index contributed by atoms with van der Waals surface area (Å²) in [6, 6.07) is 9.48. The summed E-state index contributed by atoms with van der Waals surface area (Å²) in [5.74, 6) is -0.518. The lowest BCUT2D eigenvalue weighted by Crippen LogP contribution is -2.22. The predicted octanol–water partition coefficient (Wildman–Crippen LogP) is 3.06. The van der Waals surface area contributed by atoms with E-state index in [2.05, 4.69) is 6.92 Å². The standard InChI is InChI=1S/C15H22O3/c1-2-3-4-8-11-14(16)15(17)18-12-13-9-6-5-7-10-13/h5-7,9-10,14,16H,2-4,8,11-12H2,1H3. The average molecular weight is 250 g/mol. The molecule has 1 aromatic rings. The van der Waals surface area contributed by atoms with E-state index >= 15 is 0 Å². The number of carbonyl (C=O) groups is 1. The Morgan fingerprint density at radius 2 is 1.94 bits per heavy atom. The summed E-state index contributed by atoms with van der Waals surface area (Å²) in [6.07, 6.45) is 3.73. The van der Waals surface area contributed by atoms with E-state index < -0.39 is 12.1 Å². The molecule has 0 spiro atoms. The molecule has 1 aromatic carbocycles. The summed E-state index contributed by atoms with van der Waals surface area (Å²) in [5, 5.41) is 9.62. The number of hydrogen-bond acceptors (Lipinski definition) is 3. The average Bonchev–Trinajstić information content (AvgIpc) is 2.42. The maximum absolute atomic E-state index is 11.5. The molecule has 3 heteroatoms. The van der Waals surface area contributed by atoms with Crippen LogP contribution < -0.4 is 0 Å². The van der Waals surface area contributed by atoms with Gasteiger partial charge in [0.15, 0.2) is 6.10 Å². The van der Waals surface area contributed by atoms with E-state index in [9.17, 15) is 9.90 Å². The zero-order valence-corrected chi connectivity index (χ0v) is 11.0. The number of hydrogen-bond donors (Lipinski definition) is 1. The fourth-order valence-corrected chi connectivity index (χ4v) is 1.71. The van der Waals surface area contributed by atoms with E-state index in [1.54, 1.807) is 0 Å². The smallest absolute Gasteiger partial charge is 0.335 e. The van der Waals surface area contributed by atoms with Gasteiger partial charge in [0.25, 0.3) is 0 Å². The van der Waals surface area contributed by atoms with Crippen molar-refractivity contribution in [2.24, 2.45) is 0 Å². The van der Waals surface area contributed by atoms with Gasteiger partial charge < -0.3 is 9.84 Å². The zero-order valence-electron chi connectivity index (χ0n) is 11.0. The van der Waals surface area contributed by atoms with Gasteiger partial charge in [0.1, 0.15) is 6.61 Å². The van der Waals surface area contributed by atoms with Crippen LogP contribution in [0.3, 0.4) is 0 Å². The summed E-state index contributed by atoms with van der Waals surface area (Å²) < 4.78 is 5.06. The Hall–Kier alpha value is -1.35. The molecule has 1 unspecified atom stereocenters. The van der Waals surface area contributed by atoms with Crippen molar-refractivity contribution < 1.29 is 14.6 Å². The van der Waals surface area contributed by atoms with Crippen molar-refractivity contribution in [3.63, 3.8) is 0 Å². The maximum atomic E-state index is 11.5. The number of ether oxygens (including phenoxy) is 1. The van der Waals surface area contributed by atoms with Crippen LogP contribution in [0.5, 0.6) is 0 Å². The largest absolute Gasteiger partial charge is 0.459 e. The van der Waals surface area contributed by atoms with E-state index in [1.807, 2.05) is 30.3 Å². The van der Waals surface area contributed by atoms with Crippen LogP contribution in [0.4, 0.5) is 0 Å². The lowest BCUT2D eigenvalue weighted by atomic mass is 10.1. The Morgan fingerprint density at radius 3 is 2.61 bits per heavy atom. The van der Waals surface area contributed by atoms with Crippen LogP contribution in [0.15, 0.2) is 30.3 Å². The second-order valence-electron chi connectivity index (χ2n) is 4.46. The number of esters is 1. The van der Waals surface area contributed by atoms with E-state index in [0.717, 1.165) is 31.2 Å². The molecule has 0 radical (unpaired) electrons. The molecule has 100 valence electrons. The highest BCUT2D eigenvalue weighted by Gasteiger charge is 2.15. The zero-order chi connectivity index (χ0) is 13.2. The molecule has 1 atom stereocenters. The molecule has 0 aliphatic rings. The lowest BCUT2D eigenvalue weighted by molar-refractivity contribution is -0.155. The summed E-state index contributed by atoms with van der Waals surface area (Å²) in [4.78, 5) is 11.5. The molecule has 0 aliphatic heterocycles. The number of aliphatic hydroxyl groups excluding tert-OH is 1. The van der Waals surface area contributed by atoms with Crippen LogP contribution in [0.25, 0.3) is 0 Å². The summed E-state index contributed by atoms with van der Waals surface area (Å²) in [6.45, 7) is 2.36. The fourth-order valence-electron chi connectivity index (χ4n) is 1.71. The molecular formula is C15H22O3. The monoisotopic (exact) mass is 250 g/mol. The van der Waals surface area contributed by atoms with Crippen LogP contribution in [-0.2, 0) is 16.1 Å². The third-order valence-electron chi connectivity index (χ3n) is 2.83. The van der Waals surface area contributed by atoms with Gasteiger partial charge >= 0.3 is 5.97 Å². The molecule has 0 saturated carbocycles. The van der Waals surface area contributed by atoms with Crippen molar-refractivity contribution >= 4 is 5.97 Å². The second kappa shape index (κ2) is 8.70. The molecule has 0 amide bonds. The molecular weight excluding hydrogens is 228 g/mol. The van der Waals surface area contributed by atoms with Gasteiger partial charge in [0.2, 0.25) is 0 Å². The van der Waals surface area contributed by atoms with Crippen LogP contribution >= 0.6 is 0 Å². The normalized spacial score (nSPS) is 12.1. The highest BCUT2D eigenvalue weighted by Crippen LogP contribution is 2.08. The Kier molecular flexibility index (Phi) is 7.11. The third kappa shape index (κ3) is 5.82. The van der Waals surface area contributed by atoms with Crippen molar-refractivity contribution in [2.45, 2.75) is 51.7 Å². The summed E-state index contributed by atoms with van der Waals surface area (Å²) in [5.41, 5.74) is 0.934. The first-order chi connectivity index (χ1) is 8.74. The van der Waals surface area contributed by atoms with E-state index in [0.29, 0.717) is 6.42 Å². The molecule has 0 saturated heterocycles. The number of benzene rings is 1. The van der Waals surface area contributed by atoms with Crippen LogP contribution in [-0.4, -0.2) is 17.2 Å². The highest BCUT2D eigenvalue weighted by atomic mass is 16.5. The Bertz CT molecular complexity index is 335. The first-order valence-corrected chi connectivity index (χ1v) is 6.62. The minimum Gasteiger partial charge on any atom is -0.459 e. The van der Waals surface area contributed by atoms with Crippen molar-refractivity contribution in [3.05, 3.63) is 35.9 Å². The van der Waals surface area contributed by atoms with Gasteiger partial charge in [-0.3, -0.25) is 0 Å². The fraction of sp³-hybridized carbons (Fsp3) is 0.533. The van der Waals surface area contributed by atoms with Gasteiger partial charge in [0.05, 0.1) is 0 Å².